The summed E-state index contributed by atoms with van der Waals surface area (Å²) in [4.78, 5) is 40.0. The predicted molar refractivity (Wildman–Crippen MR) is 170 cm³/mol. The lowest BCUT2D eigenvalue weighted by atomic mass is 9.98. The first kappa shape index (κ1) is 32.2. The standard InChI is InChI=1S/C32H36IN3O7/c1-36(28(31(38)39)12-7-15-34)30(37)27(17-20-13-14-29(26(33)16-20)43-19-41-2)35-32(40)42-18-25-23-10-5-3-8-21(23)22-9-4-6-11-24(22)25/h3-6,8-11,13-14,16,25,27-28H,7,12,15,17-19,34H2,1-2H3,(H,35,40)(H,38,39)/t27-,28-/m1/s1. The van der Waals surface area contributed by atoms with Crippen molar-refractivity contribution in [3.8, 4) is 16.9 Å². The number of nitrogens with zero attached hydrogens (tertiary/aromatic N) is 1. The minimum atomic E-state index is -1.14. The lowest BCUT2D eigenvalue weighted by Crippen LogP contribution is -2.53. The average molecular weight is 702 g/mol. The molecule has 2 amide bonds. The van der Waals surface area contributed by atoms with Crippen LogP contribution in [0, 0.1) is 3.57 Å². The lowest BCUT2D eigenvalue weighted by molar-refractivity contribution is -0.150. The van der Waals surface area contributed by atoms with Gasteiger partial charge in [-0.1, -0.05) is 54.6 Å². The van der Waals surface area contributed by atoms with Crippen molar-refractivity contribution in [2.24, 2.45) is 5.73 Å². The Bertz CT molecular complexity index is 1400. The molecule has 0 unspecified atom stereocenters. The molecule has 1 aliphatic carbocycles. The number of aliphatic carboxylic acids is 1. The van der Waals surface area contributed by atoms with Crippen LogP contribution < -0.4 is 15.8 Å². The van der Waals surface area contributed by atoms with Crippen LogP contribution in [0.4, 0.5) is 4.79 Å². The van der Waals surface area contributed by atoms with Crippen LogP contribution in [0.25, 0.3) is 11.1 Å². The highest BCUT2D eigenvalue weighted by molar-refractivity contribution is 14.1. The molecule has 43 heavy (non-hydrogen) atoms. The third kappa shape index (κ3) is 7.84. The summed E-state index contributed by atoms with van der Waals surface area (Å²) in [7, 11) is 2.95. The number of benzene rings is 3. The SMILES string of the molecule is COCOc1ccc(C[C@@H](NC(=O)OCC2c3ccccc3-c3ccccc32)C(=O)N(C)[C@H](CCCN)C(=O)O)cc1I. The topological polar surface area (TPSA) is 140 Å². The molecule has 0 spiro atoms. The number of carbonyl (C=O) groups is 3. The minimum absolute atomic E-state index is 0.0777. The molecule has 0 aromatic heterocycles. The highest BCUT2D eigenvalue weighted by atomic mass is 127. The summed E-state index contributed by atoms with van der Waals surface area (Å²) in [5, 5.41) is 12.5. The van der Waals surface area contributed by atoms with E-state index in [9.17, 15) is 19.5 Å². The fraction of sp³-hybridized carbons (Fsp3) is 0.344. The van der Waals surface area contributed by atoms with Gasteiger partial charge >= 0.3 is 12.1 Å². The predicted octanol–water partition coefficient (Wildman–Crippen LogP) is 4.37. The first-order chi connectivity index (χ1) is 20.7. The van der Waals surface area contributed by atoms with Crippen molar-refractivity contribution in [3.05, 3.63) is 87.0 Å². The summed E-state index contributed by atoms with van der Waals surface area (Å²) in [5.74, 6) is -1.22. The van der Waals surface area contributed by atoms with Crippen molar-refractivity contribution < 1.29 is 33.7 Å². The van der Waals surface area contributed by atoms with Crippen molar-refractivity contribution in [1.29, 1.82) is 0 Å². The van der Waals surface area contributed by atoms with E-state index >= 15 is 0 Å². The van der Waals surface area contributed by atoms with Crippen LogP contribution in [0.2, 0.25) is 0 Å². The molecule has 3 aromatic rings. The van der Waals surface area contributed by atoms with Crippen LogP contribution in [0.1, 0.15) is 35.4 Å². The molecule has 228 valence electrons. The second-order valence-electron chi connectivity index (χ2n) is 10.3. The van der Waals surface area contributed by atoms with Crippen LogP contribution in [-0.2, 0) is 25.5 Å². The quantitative estimate of drug-likeness (QED) is 0.166. The van der Waals surface area contributed by atoms with Crippen molar-refractivity contribution in [3.63, 3.8) is 0 Å². The molecule has 10 nitrogen and oxygen atoms in total. The largest absolute Gasteiger partial charge is 0.480 e. The van der Waals surface area contributed by atoms with Crippen molar-refractivity contribution >= 4 is 40.6 Å². The van der Waals surface area contributed by atoms with Gasteiger partial charge in [-0.3, -0.25) is 4.79 Å². The number of methoxy groups -OCH3 is 1. The van der Waals surface area contributed by atoms with Gasteiger partial charge in [0.05, 0.1) is 3.57 Å². The van der Waals surface area contributed by atoms with Gasteiger partial charge in [0.25, 0.3) is 0 Å². The van der Waals surface area contributed by atoms with Crippen molar-refractivity contribution in [1.82, 2.24) is 10.2 Å². The summed E-state index contributed by atoms with van der Waals surface area (Å²) in [5.41, 5.74) is 10.7. The number of hydrogen-bond donors (Lipinski definition) is 3. The maximum absolute atomic E-state index is 13.7. The molecule has 1 aliphatic rings. The van der Waals surface area contributed by atoms with Gasteiger partial charge in [-0.2, -0.15) is 0 Å². The number of hydrogen-bond acceptors (Lipinski definition) is 7. The van der Waals surface area contributed by atoms with Crippen LogP contribution in [-0.4, -0.2) is 74.2 Å². The van der Waals surface area contributed by atoms with Gasteiger partial charge < -0.3 is 35.3 Å². The highest BCUT2D eigenvalue weighted by Gasteiger charge is 2.33. The van der Waals surface area contributed by atoms with Gasteiger partial charge in [-0.25, -0.2) is 9.59 Å². The van der Waals surface area contributed by atoms with Crippen molar-refractivity contribution in [2.45, 2.75) is 37.3 Å². The first-order valence-electron chi connectivity index (χ1n) is 14.0. The fourth-order valence-corrected chi connectivity index (χ4v) is 6.06. The van der Waals surface area contributed by atoms with Crippen LogP contribution in [0.15, 0.2) is 66.7 Å². The van der Waals surface area contributed by atoms with E-state index in [0.29, 0.717) is 18.7 Å². The Morgan fingerprint density at radius 1 is 1.05 bits per heavy atom. The van der Waals surface area contributed by atoms with Gasteiger partial charge in [0, 0.05) is 26.5 Å². The fourth-order valence-electron chi connectivity index (χ4n) is 5.32. The Hall–Kier alpha value is -3.68. The number of halogens is 1. The maximum atomic E-state index is 13.7. The zero-order valence-corrected chi connectivity index (χ0v) is 26.3. The molecule has 0 aliphatic heterocycles. The van der Waals surface area contributed by atoms with Crippen LogP contribution in [0.5, 0.6) is 5.75 Å². The van der Waals surface area contributed by atoms with Gasteiger partial charge in [0.2, 0.25) is 5.91 Å². The molecule has 0 radical (unpaired) electrons. The zero-order chi connectivity index (χ0) is 30.9. The second-order valence-corrected chi connectivity index (χ2v) is 11.4. The Labute approximate surface area is 264 Å². The molecular weight excluding hydrogens is 665 g/mol. The molecule has 0 saturated carbocycles. The number of carboxylic acids is 1. The number of nitrogens with one attached hydrogen (secondary N) is 1. The van der Waals surface area contributed by atoms with Crippen molar-refractivity contribution in [2.75, 3.05) is 34.1 Å². The Balaban J connectivity index is 1.52. The molecule has 0 heterocycles. The molecule has 2 atom stereocenters. The van der Waals surface area contributed by atoms with E-state index < -0.39 is 30.1 Å². The molecular formula is C32H36IN3O7. The molecule has 4 rings (SSSR count). The first-order valence-corrected chi connectivity index (χ1v) is 15.0. The molecule has 3 aromatic carbocycles. The lowest BCUT2D eigenvalue weighted by Gasteiger charge is -2.29. The summed E-state index contributed by atoms with van der Waals surface area (Å²) in [6.07, 6.45) is -0.0378. The summed E-state index contributed by atoms with van der Waals surface area (Å²) in [6.45, 7) is 0.460. The number of rotatable bonds is 14. The maximum Gasteiger partial charge on any atom is 0.407 e. The van der Waals surface area contributed by atoms with E-state index in [1.807, 2.05) is 42.5 Å². The number of likely N-dealkylation sites (N-methyl/N-ethyl adjacent to an activating group) is 1. The highest BCUT2D eigenvalue weighted by Crippen LogP contribution is 2.44. The number of ether oxygens (including phenoxy) is 3. The number of carbonyl (C=O) groups excluding carboxylic acids is 2. The number of fused-ring (bicyclic) bond motifs is 3. The molecule has 0 fully saturated rings. The Morgan fingerprint density at radius 2 is 1.70 bits per heavy atom. The Morgan fingerprint density at radius 3 is 2.28 bits per heavy atom. The summed E-state index contributed by atoms with van der Waals surface area (Å²) < 4.78 is 17.0. The summed E-state index contributed by atoms with van der Waals surface area (Å²) in [6, 6.07) is 19.2. The number of alkyl carbamates (subject to hydrolysis) is 1. The number of amides is 2. The van der Waals surface area contributed by atoms with Gasteiger partial charge in [0.1, 0.15) is 24.4 Å². The van der Waals surface area contributed by atoms with E-state index in [0.717, 1.165) is 36.3 Å². The number of nitrogens with two attached hydrogens (primary N) is 1. The van der Waals surface area contributed by atoms with E-state index in [2.05, 4.69) is 40.0 Å². The molecule has 11 heteroatoms. The summed E-state index contributed by atoms with van der Waals surface area (Å²) >= 11 is 2.12. The monoisotopic (exact) mass is 701 g/mol. The third-order valence-electron chi connectivity index (χ3n) is 7.48. The van der Waals surface area contributed by atoms with Gasteiger partial charge in [-0.15, -0.1) is 0 Å². The van der Waals surface area contributed by atoms with Crippen LogP contribution in [0.3, 0.4) is 0 Å². The minimum Gasteiger partial charge on any atom is -0.480 e. The normalized spacial score (nSPS) is 13.4. The van der Waals surface area contributed by atoms with E-state index in [1.165, 1.54) is 14.2 Å². The molecule has 0 saturated heterocycles. The number of carboxylic acid groups (broad SMARTS) is 1. The Kier molecular flexibility index (Phi) is 11.4. The van der Waals surface area contributed by atoms with E-state index in [1.54, 1.807) is 12.1 Å². The zero-order valence-electron chi connectivity index (χ0n) is 24.1. The van der Waals surface area contributed by atoms with E-state index in [-0.39, 0.29) is 32.2 Å². The second kappa shape index (κ2) is 15.2. The molecule has 0 bridgehead atoms. The van der Waals surface area contributed by atoms with Gasteiger partial charge in [0.15, 0.2) is 6.79 Å². The smallest absolute Gasteiger partial charge is 0.407 e. The average Bonchev–Trinajstić information content (AvgIpc) is 3.32. The van der Waals surface area contributed by atoms with Gasteiger partial charge in [-0.05, 0) is 81.9 Å². The van der Waals surface area contributed by atoms with E-state index in [4.69, 9.17) is 19.9 Å². The third-order valence-corrected chi connectivity index (χ3v) is 8.33. The molecule has 4 N–H and O–H groups in total. The van der Waals surface area contributed by atoms with Crippen LogP contribution >= 0.6 is 22.6 Å².